The molecule has 28 heavy (non-hydrogen) atoms. The number of nitrogens with one attached hydrogen (secondary N) is 1. The van der Waals surface area contributed by atoms with Crippen molar-refractivity contribution >= 4 is 22.9 Å². The number of thiazole rings is 1. The van der Waals surface area contributed by atoms with Crippen LogP contribution in [-0.2, 0) is 4.74 Å². The van der Waals surface area contributed by atoms with Crippen LogP contribution in [0.1, 0.15) is 35.8 Å². The summed E-state index contributed by atoms with van der Waals surface area (Å²) in [5, 5.41) is 5.38. The van der Waals surface area contributed by atoms with Gasteiger partial charge in [-0.25, -0.2) is 9.97 Å². The predicted octanol–water partition coefficient (Wildman–Crippen LogP) is 4.61. The Hall–Kier alpha value is -2.77. The minimum absolute atomic E-state index is 0.300. The lowest BCUT2D eigenvalue weighted by atomic mass is 10.0. The zero-order valence-electron chi connectivity index (χ0n) is 16.1. The van der Waals surface area contributed by atoms with E-state index in [-0.39, 0.29) is 5.91 Å². The highest BCUT2D eigenvalue weighted by Crippen LogP contribution is 2.27. The lowest BCUT2D eigenvalue weighted by Crippen LogP contribution is -2.14. The number of amides is 1. The van der Waals surface area contributed by atoms with Gasteiger partial charge in [-0.05, 0) is 23.6 Å². The number of nitrogens with zero attached hydrogens (tertiary/aromatic N) is 2. The Morgan fingerprint density at radius 1 is 1.18 bits per heavy atom. The average molecular weight is 398 g/mol. The predicted molar refractivity (Wildman–Crippen MR) is 111 cm³/mol. The molecule has 0 saturated carbocycles. The number of hydrogen-bond acceptors (Lipinski definition) is 6. The molecule has 2 heterocycles. The first-order valence-electron chi connectivity index (χ1n) is 9.02. The zero-order valence-corrected chi connectivity index (χ0v) is 17.0. The second kappa shape index (κ2) is 9.43. The van der Waals surface area contributed by atoms with Gasteiger partial charge in [-0.1, -0.05) is 38.1 Å². The summed E-state index contributed by atoms with van der Waals surface area (Å²) in [4.78, 5) is 21.3. The minimum atomic E-state index is -0.300. The van der Waals surface area contributed by atoms with E-state index < -0.39 is 0 Å². The highest BCUT2D eigenvalue weighted by atomic mass is 32.1. The number of pyridine rings is 1. The normalized spacial score (nSPS) is 10.9. The van der Waals surface area contributed by atoms with Gasteiger partial charge in [0.1, 0.15) is 23.0 Å². The first-order valence-corrected chi connectivity index (χ1v) is 9.90. The van der Waals surface area contributed by atoms with E-state index in [9.17, 15) is 4.79 Å². The largest absolute Gasteiger partial charge is 0.474 e. The van der Waals surface area contributed by atoms with Crippen molar-refractivity contribution < 1.29 is 14.3 Å². The van der Waals surface area contributed by atoms with E-state index in [1.807, 2.05) is 12.1 Å². The molecule has 0 atom stereocenters. The van der Waals surface area contributed by atoms with Crippen molar-refractivity contribution in [1.82, 2.24) is 9.97 Å². The number of anilines is 1. The summed E-state index contributed by atoms with van der Waals surface area (Å²) in [6.45, 7) is 5.11. The van der Waals surface area contributed by atoms with Gasteiger partial charge >= 0.3 is 0 Å². The molecule has 0 saturated heterocycles. The molecular formula is C21H23N3O3S. The number of aromatic nitrogens is 2. The number of methoxy groups -OCH3 is 1. The molecule has 0 fully saturated rings. The van der Waals surface area contributed by atoms with E-state index >= 15 is 0 Å². The van der Waals surface area contributed by atoms with Crippen LogP contribution in [0.4, 0.5) is 5.69 Å². The summed E-state index contributed by atoms with van der Waals surface area (Å²) < 4.78 is 10.5. The molecule has 6 nitrogen and oxygen atoms in total. The Kier molecular flexibility index (Phi) is 6.73. The molecule has 146 valence electrons. The van der Waals surface area contributed by atoms with Crippen LogP contribution < -0.4 is 10.1 Å². The fraction of sp³-hybridized carbons (Fsp3) is 0.286. The second-order valence-corrected chi connectivity index (χ2v) is 7.32. The number of hydrogen-bond donors (Lipinski definition) is 1. The SMILES string of the molecule is COCCOc1ncccc1NC(=O)c1csc(-c2ccc(C(C)C)cc2)n1. The third-order valence-corrected chi connectivity index (χ3v) is 5.00. The second-order valence-electron chi connectivity index (χ2n) is 6.47. The molecule has 3 rings (SSSR count). The van der Waals surface area contributed by atoms with E-state index in [2.05, 4.69) is 41.3 Å². The average Bonchev–Trinajstić information content (AvgIpc) is 3.20. The lowest BCUT2D eigenvalue weighted by molar-refractivity contribution is 0.102. The quantitative estimate of drug-likeness (QED) is 0.562. The molecule has 0 spiro atoms. The van der Waals surface area contributed by atoms with E-state index in [4.69, 9.17) is 9.47 Å². The van der Waals surface area contributed by atoms with Crippen LogP contribution in [0.3, 0.4) is 0 Å². The van der Waals surface area contributed by atoms with Gasteiger partial charge in [0.2, 0.25) is 5.88 Å². The maximum Gasteiger partial charge on any atom is 0.275 e. The van der Waals surface area contributed by atoms with Gasteiger partial charge in [0.25, 0.3) is 5.91 Å². The van der Waals surface area contributed by atoms with E-state index in [0.29, 0.717) is 36.4 Å². The van der Waals surface area contributed by atoms with E-state index in [1.54, 1.807) is 30.8 Å². The summed E-state index contributed by atoms with van der Waals surface area (Å²) in [6, 6.07) is 11.8. The topological polar surface area (TPSA) is 73.3 Å². The smallest absolute Gasteiger partial charge is 0.275 e. The Bertz CT molecular complexity index is 923. The van der Waals surface area contributed by atoms with Crippen LogP contribution in [0.15, 0.2) is 48.0 Å². The molecule has 1 N–H and O–H groups in total. The summed E-state index contributed by atoms with van der Waals surface area (Å²) >= 11 is 1.44. The highest BCUT2D eigenvalue weighted by molar-refractivity contribution is 7.13. The molecule has 0 aliphatic heterocycles. The molecule has 0 aliphatic rings. The number of carbonyl (C=O) groups is 1. The van der Waals surface area contributed by atoms with Gasteiger partial charge in [-0.2, -0.15) is 0 Å². The van der Waals surface area contributed by atoms with E-state index in [0.717, 1.165) is 10.6 Å². The van der Waals surface area contributed by atoms with Crippen molar-refractivity contribution in [3.63, 3.8) is 0 Å². The fourth-order valence-electron chi connectivity index (χ4n) is 2.53. The molecule has 0 aliphatic carbocycles. The van der Waals surface area contributed by atoms with Crippen LogP contribution in [0.2, 0.25) is 0 Å². The number of benzene rings is 1. The molecule has 1 aromatic carbocycles. The Morgan fingerprint density at radius 2 is 1.96 bits per heavy atom. The van der Waals surface area contributed by atoms with Crippen molar-refractivity contribution in [1.29, 1.82) is 0 Å². The van der Waals surface area contributed by atoms with Crippen LogP contribution in [0, 0.1) is 0 Å². The molecule has 3 aromatic rings. The summed E-state index contributed by atoms with van der Waals surface area (Å²) in [5.74, 6) is 0.532. The minimum Gasteiger partial charge on any atom is -0.474 e. The molecule has 7 heteroatoms. The number of ether oxygens (including phenoxy) is 2. The van der Waals surface area contributed by atoms with Crippen LogP contribution in [0.25, 0.3) is 10.6 Å². The summed E-state index contributed by atoms with van der Waals surface area (Å²) in [5.41, 5.74) is 3.13. The molecule has 1 amide bonds. The summed E-state index contributed by atoms with van der Waals surface area (Å²) in [7, 11) is 1.60. The fourth-order valence-corrected chi connectivity index (χ4v) is 3.34. The Labute approximate surface area is 168 Å². The highest BCUT2D eigenvalue weighted by Gasteiger charge is 2.15. The number of rotatable bonds is 8. The van der Waals surface area contributed by atoms with Crippen LogP contribution >= 0.6 is 11.3 Å². The molecule has 0 bridgehead atoms. The Balaban J connectivity index is 1.71. The Morgan fingerprint density at radius 3 is 2.68 bits per heavy atom. The standard InChI is InChI=1S/C21H23N3O3S/c1-14(2)15-6-8-16(9-7-15)21-24-18(13-28-21)19(25)23-17-5-4-10-22-20(17)27-12-11-26-3/h4-10,13-14H,11-12H2,1-3H3,(H,23,25). The molecule has 2 aromatic heterocycles. The maximum absolute atomic E-state index is 12.6. The molecule has 0 radical (unpaired) electrons. The van der Waals surface area contributed by atoms with Crippen molar-refractivity contribution in [3.8, 4) is 16.5 Å². The van der Waals surface area contributed by atoms with Crippen LogP contribution in [-0.4, -0.2) is 36.2 Å². The van der Waals surface area contributed by atoms with Crippen molar-refractivity contribution in [3.05, 3.63) is 59.2 Å². The summed E-state index contributed by atoms with van der Waals surface area (Å²) in [6.07, 6.45) is 1.61. The molecule has 0 unspecified atom stereocenters. The molecular weight excluding hydrogens is 374 g/mol. The first kappa shape index (κ1) is 20.0. The third-order valence-electron chi connectivity index (χ3n) is 4.11. The van der Waals surface area contributed by atoms with Crippen LogP contribution in [0.5, 0.6) is 5.88 Å². The monoisotopic (exact) mass is 397 g/mol. The van der Waals surface area contributed by atoms with Gasteiger partial charge < -0.3 is 14.8 Å². The number of carbonyl (C=O) groups excluding carboxylic acids is 1. The zero-order chi connectivity index (χ0) is 19.9. The van der Waals surface area contributed by atoms with Gasteiger partial charge in [0, 0.05) is 24.3 Å². The third kappa shape index (κ3) is 4.94. The van der Waals surface area contributed by atoms with Crippen molar-refractivity contribution in [2.24, 2.45) is 0 Å². The van der Waals surface area contributed by atoms with Crippen molar-refractivity contribution in [2.45, 2.75) is 19.8 Å². The van der Waals surface area contributed by atoms with E-state index in [1.165, 1.54) is 16.9 Å². The van der Waals surface area contributed by atoms with Gasteiger partial charge in [-0.15, -0.1) is 11.3 Å². The van der Waals surface area contributed by atoms with Crippen molar-refractivity contribution in [2.75, 3.05) is 25.6 Å². The lowest BCUT2D eigenvalue weighted by Gasteiger charge is -2.10. The first-order chi connectivity index (χ1) is 13.6. The van der Waals surface area contributed by atoms with Gasteiger partial charge in [0.05, 0.1) is 6.61 Å². The van der Waals surface area contributed by atoms with Gasteiger partial charge in [-0.3, -0.25) is 4.79 Å². The van der Waals surface area contributed by atoms with Gasteiger partial charge in [0.15, 0.2) is 0 Å². The maximum atomic E-state index is 12.6.